The minimum Gasteiger partial charge on any atom is -0.356 e. The maximum atomic E-state index is 11.6. The van der Waals surface area contributed by atoms with Crippen molar-refractivity contribution < 1.29 is 4.79 Å². The molecule has 0 unspecified atom stereocenters. The van der Waals surface area contributed by atoms with Crippen LogP contribution in [0.3, 0.4) is 0 Å². The van der Waals surface area contributed by atoms with Crippen molar-refractivity contribution >= 4 is 29.1 Å². The van der Waals surface area contributed by atoms with Crippen molar-refractivity contribution in [2.24, 2.45) is 5.73 Å². The molecule has 0 aliphatic heterocycles. The van der Waals surface area contributed by atoms with E-state index in [4.69, 9.17) is 28.9 Å². The third-order valence-corrected chi connectivity index (χ3v) is 3.68. The van der Waals surface area contributed by atoms with Crippen LogP contribution in [0.1, 0.15) is 37.7 Å². The lowest BCUT2D eigenvalue weighted by atomic mass is 10.1. The number of hydrogen-bond donors (Lipinski definition) is 2. The number of benzene rings is 1. The van der Waals surface area contributed by atoms with Gasteiger partial charge in [0.25, 0.3) is 0 Å². The Morgan fingerprint density at radius 3 is 2.60 bits per heavy atom. The molecule has 20 heavy (non-hydrogen) atoms. The van der Waals surface area contributed by atoms with Gasteiger partial charge in [0.15, 0.2) is 0 Å². The molecular weight excluding hydrogens is 295 g/mol. The summed E-state index contributed by atoms with van der Waals surface area (Å²) in [6, 6.07) is 5.42. The molecule has 3 N–H and O–H groups in total. The van der Waals surface area contributed by atoms with Gasteiger partial charge in [-0.25, -0.2) is 0 Å². The Kier molecular flexibility index (Phi) is 8.67. The van der Waals surface area contributed by atoms with E-state index in [1.165, 1.54) is 0 Å². The second-order valence-electron chi connectivity index (χ2n) is 4.79. The summed E-state index contributed by atoms with van der Waals surface area (Å²) >= 11 is 11.9. The van der Waals surface area contributed by atoms with Gasteiger partial charge in [-0.1, -0.05) is 42.1 Å². The summed E-state index contributed by atoms with van der Waals surface area (Å²) in [6.07, 6.45) is 5.43. The fraction of sp³-hybridized carbons (Fsp3) is 0.533. The van der Waals surface area contributed by atoms with E-state index < -0.39 is 0 Å². The van der Waals surface area contributed by atoms with Crippen LogP contribution in [0, 0.1) is 0 Å². The van der Waals surface area contributed by atoms with Gasteiger partial charge in [-0.15, -0.1) is 0 Å². The number of rotatable bonds is 9. The zero-order valence-electron chi connectivity index (χ0n) is 11.6. The number of carbonyl (C=O) groups excluding carboxylic acids is 1. The van der Waals surface area contributed by atoms with Crippen molar-refractivity contribution in [2.45, 2.75) is 38.5 Å². The summed E-state index contributed by atoms with van der Waals surface area (Å²) in [7, 11) is 0. The first-order valence-electron chi connectivity index (χ1n) is 7.04. The van der Waals surface area contributed by atoms with Gasteiger partial charge in [-0.3, -0.25) is 4.79 Å². The molecule has 0 saturated carbocycles. The second kappa shape index (κ2) is 10.0. The van der Waals surface area contributed by atoms with Gasteiger partial charge < -0.3 is 11.1 Å². The first-order chi connectivity index (χ1) is 9.63. The Morgan fingerprint density at radius 2 is 1.90 bits per heavy atom. The molecule has 0 spiro atoms. The molecule has 0 radical (unpaired) electrons. The van der Waals surface area contributed by atoms with Crippen LogP contribution in [0.15, 0.2) is 18.2 Å². The van der Waals surface area contributed by atoms with Crippen LogP contribution >= 0.6 is 23.2 Å². The van der Waals surface area contributed by atoms with E-state index >= 15 is 0 Å². The number of unbranched alkanes of at least 4 members (excludes halogenated alkanes) is 3. The fourth-order valence-electron chi connectivity index (χ4n) is 1.93. The topological polar surface area (TPSA) is 55.1 Å². The molecule has 0 aliphatic rings. The summed E-state index contributed by atoms with van der Waals surface area (Å²) < 4.78 is 0. The SMILES string of the molecule is NCCCCCCC(=O)NCCc1ccc(Cl)cc1Cl. The number of amides is 1. The molecule has 3 nitrogen and oxygen atoms in total. The molecule has 1 rings (SSSR count). The highest BCUT2D eigenvalue weighted by Crippen LogP contribution is 2.21. The molecule has 1 aromatic carbocycles. The van der Waals surface area contributed by atoms with Gasteiger partial charge in [0.05, 0.1) is 0 Å². The van der Waals surface area contributed by atoms with Crippen molar-refractivity contribution in [1.82, 2.24) is 5.32 Å². The van der Waals surface area contributed by atoms with Gasteiger partial charge in [-0.05, 0) is 43.5 Å². The van der Waals surface area contributed by atoms with Crippen molar-refractivity contribution in [2.75, 3.05) is 13.1 Å². The fourth-order valence-corrected chi connectivity index (χ4v) is 2.44. The largest absolute Gasteiger partial charge is 0.356 e. The monoisotopic (exact) mass is 316 g/mol. The average Bonchev–Trinajstić information content (AvgIpc) is 2.41. The highest BCUT2D eigenvalue weighted by atomic mass is 35.5. The molecule has 0 heterocycles. The standard InChI is InChI=1S/C15H22Cl2N2O/c16-13-7-6-12(14(17)11-13)8-10-19-15(20)5-3-1-2-4-9-18/h6-7,11H,1-5,8-10,18H2,(H,19,20). The number of halogens is 2. The molecule has 0 aliphatic carbocycles. The van der Waals surface area contributed by atoms with E-state index in [0.717, 1.165) is 44.2 Å². The third kappa shape index (κ3) is 7.13. The van der Waals surface area contributed by atoms with Crippen LogP contribution < -0.4 is 11.1 Å². The molecule has 112 valence electrons. The van der Waals surface area contributed by atoms with Gasteiger partial charge >= 0.3 is 0 Å². The van der Waals surface area contributed by atoms with Crippen LogP contribution in [0.25, 0.3) is 0 Å². The van der Waals surface area contributed by atoms with Crippen molar-refractivity contribution in [3.63, 3.8) is 0 Å². The summed E-state index contributed by atoms with van der Waals surface area (Å²) in [5.74, 6) is 0.0998. The van der Waals surface area contributed by atoms with Crippen molar-refractivity contribution in [3.05, 3.63) is 33.8 Å². The van der Waals surface area contributed by atoms with Crippen molar-refractivity contribution in [1.29, 1.82) is 0 Å². The smallest absolute Gasteiger partial charge is 0.220 e. The molecular formula is C15H22Cl2N2O. The number of nitrogens with two attached hydrogens (primary N) is 1. The Bertz CT molecular complexity index is 424. The van der Waals surface area contributed by atoms with Crippen LogP contribution in [-0.4, -0.2) is 19.0 Å². The maximum absolute atomic E-state index is 11.6. The van der Waals surface area contributed by atoms with Gasteiger partial charge in [0.1, 0.15) is 0 Å². The molecule has 1 amide bonds. The molecule has 0 fully saturated rings. The third-order valence-electron chi connectivity index (χ3n) is 3.09. The Morgan fingerprint density at radius 1 is 1.15 bits per heavy atom. The average molecular weight is 317 g/mol. The minimum atomic E-state index is 0.0998. The predicted octanol–water partition coefficient (Wildman–Crippen LogP) is 3.56. The maximum Gasteiger partial charge on any atom is 0.220 e. The van der Waals surface area contributed by atoms with Crippen molar-refractivity contribution in [3.8, 4) is 0 Å². The molecule has 1 aromatic rings. The van der Waals surface area contributed by atoms with Gasteiger partial charge in [0, 0.05) is 23.0 Å². The Hall–Kier alpha value is -0.770. The van der Waals surface area contributed by atoms with E-state index in [2.05, 4.69) is 5.32 Å². The minimum absolute atomic E-state index is 0.0998. The zero-order valence-corrected chi connectivity index (χ0v) is 13.1. The lowest BCUT2D eigenvalue weighted by molar-refractivity contribution is -0.121. The zero-order chi connectivity index (χ0) is 14.8. The summed E-state index contributed by atoms with van der Waals surface area (Å²) in [4.78, 5) is 11.6. The van der Waals surface area contributed by atoms with Crippen LogP contribution in [0.5, 0.6) is 0 Å². The Labute approximate surface area is 130 Å². The normalized spacial score (nSPS) is 10.6. The highest BCUT2D eigenvalue weighted by molar-refractivity contribution is 6.35. The number of nitrogens with one attached hydrogen (secondary N) is 1. The summed E-state index contributed by atoms with van der Waals surface area (Å²) in [6.45, 7) is 1.33. The van der Waals surface area contributed by atoms with Gasteiger partial charge in [-0.2, -0.15) is 0 Å². The quantitative estimate of drug-likeness (QED) is 0.684. The lowest BCUT2D eigenvalue weighted by Gasteiger charge is -2.07. The van der Waals surface area contributed by atoms with Gasteiger partial charge in [0.2, 0.25) is 5.91 Å². The van der Waals surface area contributed by atoms with E-state index in [-0.39, 0.29) is 5.91 Å². The molecule has 0 aromatic heterocycles. The summed E-state index contributed by atoms with van der Waals surface area (Å²) in [5, 5.41) is 4.18. The molecule has 0 saturated heterocycles. The van der Waals surface area contributed by atoms with E-state index in [1.54, 1.807) is 6.07 Å². The molecule has 0 bridgehead atoms. The molecule has 0 atom stereocenters. The number of hydrogen-bond acceptors (Lipinski definition) is 2. The molecule has 5 heteroatoms. The second-order valence-corrected chi connectivity index (χ2v) is 5.63. The number of carbonyl (C=O) groups is 1. The first kappa shape index (κ1) is 17.3. The van der Waals surface area contributed by atoms with E-state index in [1.807, 2.05) is 12.1 Å². The van der Waals surface area contributed by atoms with E-state index in [0.29, 0.717) is 23.0 Å². The lowest BCUT2D eigenvalue weighted by Crippen LogP contribution is -2.25. The Balaban J connectivity index is 2.15. The van der Waals surface area contributed by atoms with Crippen LogP contribution in [-0.2, 0) is 11.2 Å². The first-order valence-corrected chi connectivity index (χ1v) is 7.79. The highest BCUT2D eigenvalue weighted by Gasteiger charge is 2.03. The summed E-state index contributed by atoms with van der Waals surface area (Å²) in [5.41, 5.74) is 6.41. The van der Waals surface area contributed by atoms with Crippen LogP contribution in [0.4, 0.5) is 0 Å². The van der Waals surface area contributed by atoms with Crippen LogP contribution in [0.2, 0.25) is 10.0 Å². The van der Waals surface area contributed by atoms with E-state index in [9.17, 15) is 4.79 Å². The predicted molar refractivity (Wildman–Crippen MR) is 85.3 cm³/mol.